The van der Waals surface area contributed by atoms with E-state index in [1.165, 1.54) is 18.4 Å². The molecular formula is C12H19ISi. The average molecular weight is 318 g/mol. The standard InChI is InChI=1S/C12H19ISi/c1-14(2,3)12(13)10-9-11-7-5-4-6-8-11/h4-8,12H,9-10H2,1-3H3. The molecule has 1 unspecified atom stereocenters. The van der Waals surface area contributed by atoms with Gasteiger partial charge in [-0.2, -0.15) is 0 Å². The van der Waals surface area contributed by atoms with E-state index < -0.39 is 8.07 Å². The molecule has 0 fully saturated rings. The zero-order chi connectivity index (χ0) is 10.6. The van der Waals surface area contributed by atoms with E-state index in [1.807, 2.05) is 0 Å². The van der Waals surface area contributed by atoms with Gasteiger partial charge in [0.15, 0.2) is 0 Å². The van der Waals surface area contributed by atoms with Crippen LogP contribution in [0.15, 0.2) is 30.3 Å². The maximum absolute atomic E-state index is 2.64. The lowest BCUT2D eigenvalue weighted by Gasteiger charge is -2.23. The number of hydrogen-bond acceptors (Lipinski definition) is 0. The lowest BCUT2D eigenvalue weighted by molar-refractivity contribution is 0.895. The molecular weight excluding hydrogens is 299 g/mol. The van der Waals surface area contributed by atoms with Crippen molar-refractivity contribution >= 4 is 30.7 Å². The highest BCUT2D eigenvalue weighted by molar-refractivity contribution is 14.1. The fourth-order valence-corrected chi connectivity index (χ4v) is 2.69. The monoisotopic (exact) mass is 318 g/mol. The summed E-state index contributed by atoms with van der Waals surface area (Å²) in [6.45, 7) is 7.36. The predicted molar refractivity (Wildman–Crippen MR) is 75.9 cm³/mol. The molecule has 0 amide bonds. The van der Waals surface area contributed by atoms with E-state index in [2.05, 4.69) is 72.6 Å². The summed E-state index contributed by atoms with van der Waals surface area (Å²) in [5, 5.41) is 0. The molecule has 0 bridgehead atoms. The molecule has 0 aliphatic heterocycles. The minimum atomic E-state index is -0.928. The van der Waals surface area contributed by atoms with Crippen LogP contribution in [0.4, 0.5) is 0 Å². The van der Waals surface area contributed by atoms with Gasteiger partial charge in [-0.1, -0.05) is 72.6 Å². The Balaban J connectivity index is 2.42. The van der Waals surface area contributed by atoms with Gasteiger partial charge in [-0.25, -0.2) is 0 Å². The fourth-order valence-electron chi connectivity index (χ4n) is 1.37. The molecule has 0 nitrogen and oxygen atoms in total. The molecule has 0 saturated heterocycles. The van der Waals surface area contributed by atoms with Gasteiger partial charge in [-0.05, 0) is 18.4 Å². The van der Waals surface area contributed by atoms with Gasteiger partial charge < -0.3 is 0 Å². The maximum atomic E-state index is 2.64. The number of rotatable bonds is 4. The van der Waals surface area contributed by atoms with Crippen LogP contribution in [0.25, 0.3) is 0 Å². The molecule has 0 N–H and O–H groups in total. The van der Waals surface area contributed by atoms with Gasteiger partial charge in [0, 0.05) is 3.55 Å². The molecule has 0 saturated carbocycles. The van der Waals surface area contributed by atoms with E-state index in [-0.39, 0.29) is 0 Å². The van der Waals surface area contributed by atoms with Crippen molar-refractivity contribution in [1.82, 2.24) is 0 Å². The molecule has 0 spiro atoms. The Hall–Kier alpha value is 0.167. The molecule has 1 rings (SSSR count). The van der Waals surface area contributed by atoms with Crippen LogP contribution in [0.1, 0.15) is 12.0 Å². The van der Waals surface area contributed by atoms with Crippen molar-refractivity contribution in [1.29, 1.82) is 0 Å². The predicted octanol–water partition coefficient (Wildman–Crippen LogP) is 4.30. The van der Waals surface area contributed by atoms with Crippen LogP contribution in [0.3, 0.4) is 0 Å². The van der Waals surface area contributed by atoms with E-state index >= 15 is 0 Å². The Kier molecular flexibility index (Phi) is 4.64. The van der Waals surface area contributed by atoms with Crippen LogP contribution in [0.2, 0.25) is 19.6 Å². The lowest BCUT2D eigenvalue weighted by atomic mass is 10.1. The number of halogens is 1. The van der Waals surface area contributed by atoms with Crippen LogP contribution in [0, 0.1) is 0 Å². The van der Waals surface area contributed by atoms with E-state index in [4.69, 9.17) is 0 Å². The van der Waals surface area contributed by atoms with E-state index in [0.717, 1.165) is 3.55 Å². The number of alkyl halides is 1. The molecule has 0 radical (unpaired) electrons. The summed E-state index contributed by atoms with van der Waals surface area (Å²) in [4.78, 5) is 0. The first kappa shape index (κ1) is 12.2. The quantitative estimate of drug-likeness (QED) is 0.441. The first-order valence-electron chi connectivity index (χ1n) is 5.18. The lowest BCUT2D eigenvalue weighted by Crippen LogP contribution is -2.33. The van der Waals surface area contributed by atoms with Crippen molar-refractivity contribution < 1.29 is 0 Å². The summed E-state index contributed by atoms with van der Waals surface area (Å²) in [7, 11) is -0.928. The van der Waals surface area contributed by atoms with Crippen molar-refractivity contribution in [3.63, 3.8) is 0 Å². The second-order valence-electron chi connectivity index (χ2n) is 4.86. The fraction of sp³-hybridized carbons (Fsp3) is 0.500. The Morgan fingerprint density at radius 2 is 1.71 bits per heavy atom. The van der Waals surface area contributed by atoms with Crippen LogP contribution < -0.4 is 0 Å². The average Bonchev–Trinajstić information content (AvgIpc) is 2.14. The maximum Gasteiger partial charge on any atom is 0.0585 e. The van der Waals surface area contributed by atoms with Crippen molar-refractivity contribution in [2.45, 2.75) is 36.0 Å². The Morgan fingerprint density at radius 3 is 2.21 bits per heavy atom. The molecule has 0 aliphatic carbocycles. The van der Waals surface area contributed by atoms with Crippen molar-refractivity contribution in [2.75, 3.05) is 0 Å². The van der Waals surface area contributed by atoms with Gasteiger partial charge in [0.1, 0.15) is 0 Å². The molecule has 1 aromatic carbocycles. The molecule has 0 aliphatic rings. The molecule has 0 heterocycles. The summed E-state index contributed by atoms with van der Waals surface area (Å²) >= 11 is 2.64. The molecule has 1 aromatic rings. The Labute approximate surface area is 102 Å². The van der Waals surface area contributed by atoms with Crippen LogP contribution >= 0.6 is 22.6 Å². The second-order valence-corrected chi connectivity index (χ2v) is 13.0. The first-order chi connectivity index (χ1) is 6.50. The van der Waals surface area contributed by atoms with Crippen LogP contribution in [-0.2, 0) is 6.42 Å². The third-order valence-corrected chi connectivity index (χ3v) is 10.9. The minimum Gasteiger partial charge on any atom is -0.0860 e. The zero-order valence-electron chi connectivity index (χ0n) is 9.26. The van der Waals surface area contributed by atoms with E-state index in [0.29, 0.717) is 0 Å². The van der Waals surface area contributed by atoms with Crippen LogP contribution in [0.5, 0.6) is 0 Å². The van der Waals surface area contributed by atoms with Gasteiger partial charge >= 0.3 is 0 Å². The van der Waals surface area contributed by atoms with Gasteiger partial charge in [0.25, 0.3) is 0 Å². The first-order valence-corrected chi connectivity index (χ1v) is 10.0. The van der Waals surface area contributed by atoms with E-state index in [1.54, 1.807) is 0 Å². The summed E-state index contributed by atoms with van der Waals surface area (Å²) < 4.78 is 0.889. The Morgan fingerprint density at radius 1 is 1.14 bits per heavy atom. The summed E-state index contributed by atoms with van der Waals surface area (Å²) in [6.07, 6.45) is 2.57. The summed E-state index contributed by atoms with van der Waals surface area (Å²) in [6, 6.07) is 10.8. The van der Waals surface area contributed by atoms with Gasteiger partial charge in [0.05, 0.1) is 8.07 Å². The van der Waals surface area contributed by atoms with Crippen molar-refractivity contribution in [3.8, 4) is 0 Å². The molecule has 78 valence electrons. The minimum absolute atomic E-state index is 0.889. The van der Waals surface area contributed by atoms with E-state index in [9.17, 15) is 0 Å². The van der Waals surface area contributed by atoms with Gasteiger partial charge in [0.2, 0.25) is 0 Å². The van der Waals surface area contributed by atoms with Crippen LogP contribution in [-0.4, -0.2) is 11.6 Å². The second kappa shape index (κ2) is 5.31. The highest BCUT2D eigenvalue weighted by atomic mass is 127. The highest BCUT2D eigenvalue weighted by Crippen LogP contribution is 2.21. The number of aryl methyl sites for hydroxylation is 1. The third kappa shape index (κ3) is 4.13. The molecule has 1 atom stereocenters. The number of hydrogen-bond donors (Lipinski definition) is 0. The van der Waals surface area contributed by atoms with Gasteiger partial charge in [-0.15, -0.1) is 0 Å². The molecule has 2 heteroatoms. The van der Waals surface area contributed by atoms with Crippen molar-refractivity contribution in [2.24, 2.45) is 0 Å². The largest absolute Gasteiger partial charge is 0.0860 e. The SMILES string of the molecule is C[Si](C)(C)C(I)CCc1ccccc1. The summed E-state index contributed by atoms with van der Waals surface area (Å²) in [5.74, 6) is 0. The smallest absolute Gasteiger partial charge is 0.0585 e. The zero-order valence-corrected chi connectivity index (χ0v) is 12.4. The number of benzene rings is 1. The van der Waals surface area contributed by atoms with Gasteiger partial charge in [-0.3, -0.25) is 0 Å². The topological polar surface area (TPSA) is 0 Å². The highest BCUT2D eigenvalue weighted by Gasteiger charge is 2.23. The Bertz CT molecular complexity index is 263. The third-order valence-electron chi connectivity index (χ3n) is 2.47. The normalized spacial score (nSPS) is 14.0. The summed E-state index contributed by atoms with van der Waals surface area (Å²) in [5.41, 5.74) is 1.48. The molecule has 0 aromatic heterocycles. The van der Waals surface area contributed by atoms with Crippen molar-refractivity contribution in [3.05, 3.63) is 35.9 Å². The molecule has 14 heavy (non-hydrogen) atoms.